The van der Waals surface area contributed by atoms with Crippen molar-refractivity contribution >= 4 is 24.0 Å². The molecule has 0 radical (unpaired) electrons. The number of benzene rings is 1. The van der Waals surface area contributed by atoms with Crippen LogP contribution < -0.4 is 11.1 Å². The number of amides is 1. The standard InChI is InChI=1S/C11H15FN2O.ClH/c1-7-4-3-5-9(12)10(7)14-11(15)8(2)6-13;/h3-5,8H,6,13H2,1-2H3,(H,14,15);1H. The Morgan fingerprint density at radius 3 is 2.69 bits per heavy atom. The lowest BCUT2D eigenvalue weighted by molar-refractivity contribution is -0.119. The number of nitrogens with two attached hydrogens (primary N) is 1. The number of carbonyl (C=O) groups excluding carboxylic acids is 1. The van der Waals surface area contributed by atoms with Crippen LogP contribution in [-0.2, 0) is 4.79 Å². The second kappa shape index (κ2) is 6.45. The molecule has 0 heterocycles. The van der Waals surface area contributed by atoms with Gasteiger partial charge in [-0.3, -0.25) is 4.79 Å². The Bertz CT molecular complexity index is 351. The Balaban J connectivity index is 0.00000225. The lowest BCUT2D eigenvalue weighted by atomic mass is 10.1. The number of nitrogens with one attached hydrogen (secondary N) is 1. The highest BCUT2D eigenvalue weighted by Crippen LogP contribution is 2.19. The van der Waals surface area contributed by atoms with Gasteiger partial charge in [0.15, 0.2) is 0 Å². The molecule has 0 fully saturated rings. The number of hydrogen-bond acceptors (Lipinski definition) is 2. The van der Waals surface area contributed by atoms with Gasteiger partial charge in [-0.05, 0) is 18.6 Å². The van der Waals surface area contributed by atoms with Gasteiger partial charge in [0.25, 0.3) is 0 Å². The van der Waals surface area contributed by atoms with E-state index < -0.39 is 5.82 Å². The second-order valence-electron chi connectivity index (χ2n) is 3.56. The molecule has 1 aromatic rings. The molecule has 1 unspecified atom stereocenters. The van der Waals surface area contributed by atoms with E-state index in [1.165, 1.54) is 6.07 Å². The largest absolute Gasteiger partial charge is 0.330 e. The van der Waals surface area contributed by atoms with Crippen LogP contribution in [0.25, 0.3) is 0 Å². The summed E-state index contributed by atoms with van der Waals surface area (Å²) < 4.78 is 13.3. The Hall–Kier alpha value is -1.13. The van der Waals surface area contributed by atoms with Gasteiger partial charge >= 0.3 is 0 Å². The maximum Gasteiger partial charge on any atom is 0.228 e. The summed E-state index contributed by atoms with van der Waals surface area (Å²) in [5.41, 5.74) is 6.29. The first-order valence-electron chi connectivity index (χ1n) is 4.82. The van der Waals surface area contributed by atoms with Crippen LogP contribution in [0.2, 0.25) is 0 Å². The number of para-hydroxylation sites is 1. The van der Waals surface area contributed by atoms with Gasteiger partial charge in [-0.1, -0.05) is 19.1 Å². The van der Waals surface area contributed by atoms with Crippen LogP contribution in [0.5, 0.6) is 0 Å². The highest BCUT2D eigenvalue weighted by Gasteiger charge is 2.14. The van der Waals surface area contributed by atoms with Crippen LogP contribution in [0.3, 0.4) is 0 Å². The highest BCUT2D eigenvalue weighted by atomic mass is 35.5. The molecule has 90 valence electrons. The highest BCUT2D eigenvalue weighted by molar-refractivity contribution is 5.93. The smallest absolute Gasteiger partial charge is 0.228 e. The molecular weight excluding hydrogens is 231 g/mol. The third-order valence-corrected chi connectivity index (χ3v) is 2.27. The predicted molar refractivity (Wildman–Crippen MR) is 65.2 cm³/mol. The average molecular weight is 247 g/mol. The van der Waals surface area contributed by atoms with Crippen molar-refractivity contribution < 1.29 is 9.18 Å². The Labute approximate surface area is 101 Å². The summed E-state index contributed by atoms with van der Waals surface area (Å²) in [6.45, 7) is 3.69. The first-order chi connectivity index (χ1) is 7.06. The van der Waals surface area contributed by atoms with Crippen molar-refractivity contribution in [2.45, 2.75) is 13.8 Å². The van der Waals surface area contributed by atoms with E-state index in [1.807, 2.05) is 0 Å². The zero-order valence-electron chi connectivity index (χ0n) is 9.29. The lowest BCUT2D eigenvalue weighted by Gasteiger charge is -2.12. The molecule has 0 saturated heterocycles. The van der Waals surface area contributed by atoms with Gasteiger partial charge in [0.1, 0.15) is 5.82 Å². The van der Waals surface area contributed by atoms with Crippen molar-refractivity contribution in [1.82, 2.24) is 0 Å². The molecule has 3 nitrogen and oxygen atoms in total. The third kappa shape index (κ3) is 3.47. The average Bonchev–Trinajstić information content (AvgIpc) is 2.22. The summed E-state index contributed by atoms with van der Waals surface area (Å²) in [5.74, 6) is -0.998. The molecule has 0 aliphatic carbocycles. The van der Waals surface area contributed by atoms with E-state index in [0.29, 0.717) is 5.56 Å². The molecule has 1 atom stereocenters. The van der Waals surface area contributed by atoms with Crippen molar-refractivity contribution in [3.63, 3.8) is 0 Å². The summed E-state index contributed by atoms with van der Waals surface area (Å²) in [5, 5.41) is 2.54. The first kappa shape index (κ1) is 14.9. The Kier molecular flexibility index (Phi) is 6.00. The number of carbonyl (C=O) groups is 1. The fourth-order valence-electron chi connectivity index (χ4n) is 1.14. The predicted octanol–water partition coefficient (Wildman–Crippen LogP) is 2.09. The minimum absolute atomic E-state index is 0. The molecule has 5 heteroatoms. The SMILES string of the molecule is Cc1cccc(F)c1NC(=O)C(C)CN.Cl. The van der Waals surface area contributed by atoms with Crippen LogP contribution in [0.4, 0.5) is 10.1 Å². The van der Waals surface area contributed by atoms with Crippen molar-refractivity contribution in [2.75, 3.05) is 11.9 Å². The maximum atomic E-state index is 13.3. The maximum absolute atomic E-state index is 13.3. The molecule has 0 spiro atoms. The number of aryl methyl sites for hydroxylation is 1. The molecular formula is C11H16ClFN2O. The van der Waals surface area contributed by atoms with Crippen molar-refractivity contribution in [3.05, 3.63) is 29.6 Å². The fraction of sp³-hybridized carbons (Fsp3) is 0.364. The quantitative estimate of drug-likeness (QED) is 0.858. The van der Waals surface area contributed by atoms with Crippen LogP contribution in [0.1, 0.15) is 12.5 Å². The molecule has 0 aliphatic rings. The Morgan fingerprint density at radius 1 is 1.56 bits per heavy atom. The van der Waals surface area contributed by atoms with Gasteiger partial charge < -0.3 is 11.1 Å². The van der Waals surface area contributed by atoms with E-state index in [2.05, 4.69) is 5.32 Å². The zero-order chi connectivity index (χ0) is 11.4. The lowest BCUT2D eigenvalue weighted by Crippen LogP contribution is -2.27. The van der Waals surface area contributed by atoms with E-state index in [4.69, 9.17) is 5.73 Å². The topological polar surface area (TPSA) is 55.1 Å². The molecule has 3 N–H and O–H groups in total. The Morgan fingerprint density at radius 2 is 2.19 bits per heavy atom. The summed E-state index contributed by atoms with van der Waals surface area (Å²) in [7, 11) is 0. The summed E-state index contributed by atoms with van der Waals surface area (Å²) in [4.78, 5) is 11.5. The van der Waals surface area contributed by atoms with E-state index in [1.54, 1.807) is 26.0 Å². The van der Waals surface area contributed by atoms with Gasteiger partial charge in [-0.25, -0.2) is 4.39 Å². The van der Waals surface area contributed by atoms with Gasteiger partial charge in [-0.2, -0.15) is 0 Å². The van der Waals surface area contributed by atoms with E-state index in [9.17, 15) is 9.18 Å². The first-order valence-corrected chi connectivity index (χ1v) is 4.82. The van der Waals surface area contributed by atoms with Crippen molar-refractivity contribution in [3.8, 4) is 0 Å². The molecule has 0 saturated carbocycles. The summed E-state index contributed by atoms with van der Waals surface area (Å²) >= 11 is 0. The molecule has 0 bridgehead atoms. The van der Waals surface area contributed by atoms with Crippen LogP contribution in [-0.4, -0.2) is 12.5 Å². The number of halogens is 2. The van der Waals surface area contributed by atoms with Crippen molar-refractivity contribution in [2.24, 2.45) is 11.7 Å². The number of anilines is 1. The monoisotopic (exact) mass is 246 g/mol. The molecule has 0 aromatic heterocycles. The number of rotatable bonds is 3. The van der Waals surface area contributed by atoms with Crippen LogP contribution in [0, 0.1) is 18.7 Å². The van der Waals surface area contributed by atoms with Gasteiger partial charge in [-0.15, -0.1) is 12.4 Å². The second-order valence-corrected chi connectivity index (χ2v) is 3.56. The number of hydrogen-bond donors (Lipinski definition) is 2. The minimum atomic E-state index is -0.424. The molecule has 1 amide bonds. The van der Waals surface area contributed by atoms with E-state index >= 15 is 0 Å². The van der Waals surface area contributed by atoms with Crippen LogP contribution in [0.15, 0.2) is 18.2 Å². The summed E-state index contributed by atoms with van der Waals surface area (Å²) in [6, 6.07) is 4.66. The van der Waals surface area contributed by atoms with E-state index in [-0.39, 0.29) is 36.5 Å². The molecule has 0 aliphatic heterocycles. The fourth-order valence-corrected chi connectivity index (χ4v) is 1.14. The van der Waals surface area contributed by atoms with Gasteiger partial charge in [0.05, 0.1) is 5.69 Å². The third-order valence-electron chi connectivity index (χ3n) is 2.27. The van der Waals surface area contributed by atoms with E-state index in [0.717, 1.165) is 0 Å². The zero-order valence-corrected chi connectivity index (χ0v) is 10.1. The molecule has 1 aromatic carbocycles. The van der Waals surface area contributed by atoms with Crippen molar-refractivity contribution in [1.29, 1.82) is 0 Å². The summed E-state index contributed by atoms with van der Waals surface area (Å²) in [6.07, 6.45) is 0. The van der Waals surface area contributed by atoms with Crippen LogP contribution >= 0.6 is 12.4 Å². The van der Waals surface area contributed by atoms with Gasteiger partial charge in [0, 0.05) is 12.5 Å². The van der Waals surface area contributed by atoms with Gasteiger partial charge in [0.2, 0.25) is 5.91 Å². The molecule has 1 rings (SSSR count). The minimum Gasteiger partial charge on any atom is -0.330 e. The normalized spacial score (nSPS) is 11.5. The molecule has 16 heavy (non-hydrogen) atoms.